The van der Waals surface area contributed by atoms with Crippen LogP contribution in [0, 0.1) is 6.92 Å². The van der Waals surface area contributed by atoms with Gasteiger partial charge in [-0.2, -0.15) is 4.98 Å². The van der Waals surface area contributed by atoms with Gasteiger partial charge in [-0.1, -0.05) is 55.5 Å². The molecule has 3 aromatic carbocycles. The van der Waals surface area contributed by atoms with Crippen LogP contribution in [0.3, 0.4) is 0 Å². The number of aromatic nitrogens is 4. The molecule has 1 N–H and O–H groups in total. The maximum Gasteiger partial charge on any atom is 0.296 e. The third kappa shape index (κ3) is 3.89. The number of fused-ring (bicyclic) bond motifs is 3. The number of amides is 1. The molecule has 0 bridgehead atoms. The molecule has 0 saturated heterocycles. The molecule has 0 unspecified atom stereocenters. The summed E-state index contributed by atoms with van der Waals surface area (Å²) < 4.78 is 3.16. The number of nitrogens with one attached hydrogen (secondary N) is 1. The molecular formula is C26H23N5O2. The van der Waals surface area contributed by atoms with Crippen LogP contribution in [0.4, 0.5) is 5.69 Å². The van der Waals surface area contributed by atoms with Gasteiger partial charge in [0.25, 0.3) is 11.5 Å². The first kappa shape index (κ1) is 20.6. The zero-order valence-corrected chi connectivity index (χ0v) is 18.4. The van der Waals surface area contributed by atoms with Crippen molar-refractivity contribution < 1.29 is 4.79 Å². The van der Waals surface area contributed by atoms with Gasteiger partial charge >= 0.3 is 0 Å². The molecule has 1 amide bonds. The maximum atomic E-state index is 13.4. The fourth-order valence-corrected chi connectivity index (χ4v) is 3.95. The Bertz CT molecular complexity index is 1550. The summed E-state index contributed by atoms with van der Waals surface area (Å²) in [6.45, 7) is 4.43. The monoisotopic (exact) mass is 437 g/mol. The van der Waals surface area contributed by atoms with Gasteiger partial charge in [-0.15, -0.1) is 5.10 Å². The van der Waals surface area contributed by atoms with Crippen LogP contribution < -0.4 is 10.9 Å². The van der Waals surface area contributed by atoms with Gasteiger partial charge in [-0.3, -0.25) is 14.2 Å². The summed E-state index contributed by atoms with van der Waals surface area (Å²) in [4.78, 5) is 30.7. The molecule has 5 rings (SSSR count). The largest absolute Gasteiger partial charge is 0.319 e. The van der Waals surface area contributed by atoms with Crippen molar-refractivity contribution in [2.75, 3.05) is 5.32 Å². The van der Waals surface area contributed by atoms with Gasteiger partial charge in [-0.25, -0.2) is 4.52 Å². The van der Waals surface area contributed by atoms with E-state index in [0.717, 1.165) is 28.6 Å². The van der Waals surface area contributed by atoms with Crippen molar-refractivity contribution in [2.45, 2.75) is 26.8 Å². The van der Waals surface area contributed by atoms with Crippen LogP contribution >= 0.6 is 0 Å². The van der Waals surface area contributed by atoms with Crippen LogP contribution in [-0.2, 0) is 13.0 Å². The highest BCUT2D eigenvalue weighted by molar-refractivity contribution is 6.02. The first-order chi connectivity index (χ1) is 16.0. The van der Waals surface area contributed by atoms with E-state index in [1.54, 1.807) is 4.57 Å². The zero-order chi connectivity index (χ0) is 22.9. The van der Waals surface area contributed by atoms with Crippen LogP contribution in [0.5, 0.6) is 0 Å². The van der Waals surface area contributed by atoms with Crippen molar-refractivity contribution in [2.24, 2.45) is 0 Å². The van der Waals surface area contributed by atoms with Crippen molar-refractivity contribution in [1.82, 2.24) is 19.2 Å². The normalized spacial score (nSPS) is 11.2. The third-order valence-corrected chi connectivity index (χ3v) is 5.67. The molecule has 0 fully saturated rings. The van der Waals surface area contributed by atoms with E-state index in [2.05, 4.69) is 22.3 Å². The van der Waals surface area contributed by atoms with E-state index in [1.807, 2.05) is 79.7 Å². The van der Waals surface area contributed by atoms with Crippen molar-refractivity contribution in [1.29, 1.82) is 0 Å². The summed E-state index contributed by atoms with van der Waals surface area (Å²) in [6, 6.07) is 23.2. The summed E-state index contributed by atoms with van der Waals surface area (Å²) in [6.07, 6.45) is 0.864. The molecule has 0 aliphatic rings. The van der Waals surface area contributed by atoms with Crippen LogP contribution in [0.15, 0.2) is 77.6 Å². The summed E-state index contributed by atoms with van der Waals surface area (Å²) in [5, 5.41) is 7.24. The fraction of sp³-hybridized carbons (Fsp3) is 0.154. The summed E-state index contributed by atoms with van der Waals surface area (Å²) in [5.41, 5.74) is 5.08. The molecule has 164 valence electrons. The molecule has 0 atom stereocenters. The highest BCUT2D eigenvalue weighted by atomic mass is 16.2. The van der Waals surface area contributed by atoms with Gasteiger partial charge in [0.1, 0.15) is 0 Å². The molecular weight excluding hydrogens is 414 g/mol. The Kier molecular flexibility index (Phi) is 5.22. The third-order valence-electron chi connectivity index (χ3n) is 5.67. The number of benzene rings is 3. The van der Waals surface area contributed by atoms with E-state index >= 15 is 0 Å². The van der Waals surface area contributed by atoms with Gasteiger partial charge in [0.15, 0.2) is 0 Å². The Labute approximate surface area is 190 Å². The van der Waals surface area contributed by atoms with Gasteiger partial charge < -0.3 is 5.32 Å². The molecule has 5 aromatic rings. The second-order valence-electron chi connectivity index (χ2n) is 8.05. The molecule has 0 aliphatic carbocycles. The van der Waals surface area contributed by atoms with E-state index in [9.17, 15) is 9.59 Å². The van der Waals surface area contributed by atoms with Gasteiger partial charge in [0.05, 0.1) is 17.6 Å². The van der Waals surface area contributed by atoms with Crippen molar-refractivity contribution in [3.05, 3.63) is 106 Å². The average Bonchev–Trinajstić information content (AvgIpc) is 3.28. The highest BCUT2D eigenvalue weighted by Gasteiger charge is 2.19. The summed E-state index contributed by atoms with van der Waals surface area (Å²) >= 11 is 0. The number of carbonyl (C=O) groups is 1. The molecule has 33 heavy (non-hydrogen) atoms. The van der Waals surface area contributed by atoms with Crippen LogP contribution in [0.1, 0.15) is 34.2 Å². The van der Waals surface area contributed by atoms with Crippen LogP contribution in [0.25, 0.3) is 16.7 Å². The van der Waals surface area contributed by atoms with E-state index in [0.29, 0.717) is 17.7 Å². The topological polar surface area (TPSA) is 81.3 Å². The molecule has 0 saturated carbocycles. The lowest BCUT2D eigenvalue weighted by Crippen LogP contribution is -2.24. The molecule has 0 radical (unpaired) electrons. The Morgan fingerprint density at radius 3 is 2.52 bits per heavy atom. The van der Waals surface area contributed by atoms with Crippen LogP contribution in [0.2, 0.25) is 0 Å². The van der Waals surface area contributed by atoms with E-state index in [-0.39, 0.29) is 17.0 Å². The zero-order valence-electron chi connectivity index (χ0n) is 18.4. The lowest BCUT2D eigenvalue weighted by molar-refractivity contribution is 0.101. The van der Waals surface area contributed by atoms with E-state index < -0.39 is 5.91 Å². The number of carbonyl (C=O) groups excluding carboxylic acids is 1. The first-order valence-electron chi connectivity index (χ1n) is 10.9. The van der Waals surface area contributed by atoms with Gasteiger partial charge in [0.2, 0.25) is 11.5 Å². The van der Waals surface area contributed by atoms with Crippen molar-refractivity contribution in [3.8, 4) is 0 Å². The Hall–Kier alpha value is -4.26. The minimum Gasteiger partial charge on any atom is -0.319 e. The quantitative estimate of drug-likeness (QED) is 0.446. The van der Waals surface area contributed by atoms with E-state index in [1.165, 1.54) is 4.52 Å². The minimum atomic E-state index is -0.457. The number of nitrogens with zero attached hydrogens (tertiary/aromatic N) is 4. The second-order valence-corrected chi connectivity index (χ2v) is 8.05. The molecule has 7 heteroatoms. The minimum absolute atomic E-state index is 0.0478. The number of rotatable bonds is 5. The standard InChI is InChI=1S/C26H23N5O2/c1-3-18-10-7-11-20(15-18)27-25(32)23-28-24-26(33)30(16-19-8-5-4-6-9-19)22-14-17(2)12-13-21(22)31(24)29-23/h4-15H,3,16H2,1-2H3,(H,27,32). The van der Waals surface area contributed by atoms with E-state index in [4.69, 9.17) is 0 Å². The number of hydrogen-bond acceptors (Lipinski definition) is 4. The predicted octanol–water partition coefficient (Wildman–Crippen LogP) is 4.22. The first-order valence-corrected chi connectivity index (χ1v) is 10.9. The van der Waals surface area contributed by atoms with Gasteiger partial charge in [0, 0.05) is 5.69 Å². The lowest BCUT2D eigenvalue weighted by atomic mass is 10.1. The van der Waals surface area contributed by atoms with Crippen LogP contribution in [-0.4, -0.2) is 25.1 Å². The number of aryl methyl sites for hydroxylation is 2. The molecule has 7 nitrogen and oxygen atoms in total. The average molecular weight is 438 g/mol. The SMILES string of the molecule is CCc1cccc(NC(=O)c2nc3c(=O)n(Cc4ccccc4)c4cc(C)ccc4n3n2)c1. The summed E-state index contributed by atoms with van der Waals surface area (Å²) in [7, 11) is 0. The Balaban J connectivity index is 1.62. The second kappa shape index (κ2) is 8.35. The molecule has 0 spiro atoms. The lowest BCUT2D eigenvalue weighted by Gasteiger charge is -2.12. The molecule has 0 aliphatic heterocycles. The molecule has 2 heterocycles. The smallest absolute Gasteiger partial charge is 0.296 e. The van der Waals surface area contributed by atoms with Crippen molar-refractivity contribution >= 4 is 28.3 Å². The van der Waals surface area contributed by atoms with Crippen molar-refractivity contribution in [3.63, 3.8) is 0 Å². The molecule has 2 aromatic heterocycles. The fourth-order valence-electron chi connectivity index (χ4n) is 3.95. The summed E-state index contributed by atoms with van der Waals surface area (Å²) in [5.74, 6) is -0.505. The number of anilines is 1. The maximum absolute atomic E-state index is 13.4. The number of hydrogen-bond donors (Lipinski definition) is 1. The van der Waals surface area contributed by atoms with Gasteiger partial charge in [-0.05, 0) is 54.3 Å². The Morgan fingerprint density at radius 2 is 1.73 bits per heavy atom. The highest BCUT2D eigenvalue weighted by Crippen LogP contribution is 2.18. The Morgan fingerprint density at radius 1 is 0.939 bits per heavy atom. The predicted molar refractivity (Wildman–Crippen MR) is 129 cm³/mol.